The van der Waals surface area contributed by atoms with Crippen molar-refractivity contribution in [3.63, 3.8) is 0 Å². The number of hydrogen-bond acceptors (Lipinski definition) is 3. The van der Waals surface area contributed by atoms with Crippen LogP contribution in [0.5, 0.6) is 0 Å². The van der Waals surface area contributed by atoms with Crippen LogP contribution >= 0.6 is 0 Å². The molecule has 2 aromatic carbocycles. The SMILES string of the molecule is O=C(NC(=NCc1cccnc1)Nc1cccc(F)c1)c1ccccc1. The zero-order valence-corrected chi connectivity index (χ0v) is 13.9. The number of benzene rings is 2. The minimum absolute atomic E-state index is 0.230. The van der Waals surface area contributed by atoms with Gasteiger partial charge in [-0.3, -0.25) is 15.1 Å². The third-order valence-corrected chi connectivity index (χ3v) is 3.50. The zero-order chi connectivity index (χ0) is 18.2. The predicted molar refractivity (Wildman–Crippen MR) is 99.3 cm³/mol. The molecule has 0 spiro atoms. The number of rotatable bonds is 4. The Morgan fingerprint density at radius 1 is 1.04 bits per heavy atom. The molecule has 1 heterocycles. The summed E-state index contributed by atoms with van der Waals surface area (Å²) in [6, 6.07) is 18.4. The smallest absolute Gasteiger partial charge is 0.257 e. The van der Waals surface area contributed by atoms with Gasteiger partial charge in [0.2, 0.25) is 5.96 Å². The Morgan fingerprint density at radius 3 is 2.62 bits per heavy atom. The first-order valence-corrected chi connectivity index (χ1v) is 8.03. The molecule has 0 fully saturated rings. The van der Waals surface area contributed by atoms with Crippen LogP contribution in [0, 0.1) is 5.82 Å². The number of aromatic nitrogens is 1. The van der Waals surface area contributed by atoms with E-state index in [1.165, 1.54) is 12.1 Å². The molecule has 6 heteroatoms. The fraction of sp³-hybridized carbons (Fsp3) is 0.0500. The van der Waals surface area contributed by atoms with Crippen LogP contribution in [0.25, 0.3) is 0 Å². The summed E-state index contributed by atoms with van der Waals surface area (Å²) >= 11 is 0. The first kappa shape index (κ1) is 17.3. The summed E-state index contributed by atoms with van der Waals surface area (Å²) in [5.41, 5.74) is 1.88. The van der Waals surface area contributed by atoms with Crippen LogP contribution in [-0.4, -0.2) is 16.9 Å². The van der Waals surface area contributed by atoms with Crippen molar-refractivity contribution in [2.75, 3.05) is 5.32 Å². The van der Waals surface area contributed by atoms with Crippen LogP contribution in [0.1, 0.15) is 15.9 Å². The molecule has 130 valence electrons. The molecule has 0 saturated heterocycles. The molecule has 0 aliphatic carbocycles. The maximum Gasteiger partial charge on any atom is 0.257 e. The van der Waals surface area contributed by atoms with Gasteiger partial charge in [0.15, 0.2) is 0 Å². The Bertz CT molecular complexity index is 898. The minimum atomic E-state index is -0.379. The van der Waals surface area contributed by atoms with Gasteiger partial charge in [0, 0.05) is 23.6 Å². The summed E-state index contributed by atoms with van der Waals surface area (Å²) in [5.74, 6) is -0.455. The number of halogens is 1. The molecule has 3 rings (SSSR count). The Balaban J connectivity index is 1.79. The Kier molecular flexibility index (Phi) is 5.67. The van der Waals surface area contributed by atoms with Crippen LogP contribution in [0.4, 0.5) is 10.1 Å². The molecule has 0 unspecified atom stereocenters. The van der Waals surface area contributed by atoms with Crippen molar-refractivity contribution in [2.24, 2.45) is 4.99 Å². The van der Waals surface area contributed by atoms with Crippen molar-refractivity contribution in [3.8, 4) is 0 Å². The molecule has 0 aliphatic heterocycles. The van der Waals surface area contributed by atoms with E-state index >= 15 is 0 Å². The first-order valence-electron chi connectivity index (χ1n) is 8.03. The number of amides is 1. The molecule has 0 bridgehead atoms. The van der Waals surface area contributed by atoms with E-state index in [9.17, 15) is 9.18 Å². The lowest BCUT2D eigenvalue weighted by atomic mass is 10.2. The fourth-order valence-electron chi connectivity index (χ4n) is 2.24. The normalized spacial score (nSPS) is 11.0. The van der Waals surface area contributed by atoms with E-state index in [0.29, 0.717) is 17.8 Å². The second kappa shape index (κ2) is 8.53. The maximum absolute atomic E-state index is 13.4. The molecule has 1 amide bonds. The van der Waals surface area contributed by atoms with E-state index in [1.54, 1.807) is 48.8 Å². The number of guanidine groups is 1. The third-order valence-electron chi connectivity index (χ3n) is 3.50. The van der Waals surface area contributed by atoms with Gasteiger partial charge in [0.05, 0.1) is 6.54 Å². The van der Waals surface area contributed by atoms with Crippen LogP contribution < -0.4 is 10.6 Å². The zero-order valence-electron chi connectivity index (χ0n) is 13.9. The maximum atomic E-state index is 13.4. The standard InChI is InChI=1S/C20H17FN4O/c21-17-9-4-10-18(12-17)24-20(23-14-15-6-5-11-22-13-15)25-19(26)16-7-2-1-3-8-16/h1-13H,14H2,(H2,23,24,25,26). The van der Waals surface area contributed by atoms with Gasteiger partial charge in [0.25, 0.3) is 5.91 Å². The number of hydrogen-bond donors (Lipinski definition) is 2. The summed E-state index contributed by atoms with van der Waals surface area (Å²) in [6.07, 6.45) is 3.37. The Hall–Kier alpha value is -3.54. The van der Waals surface area contributed by atoms with Gasteiger partial charge >= 0.3 is 0 Å². The van der Waals surface area contributed by atoms with E-state index in [-0.39, 0.29) is 17.7 Å². The van der Waals surface area contributed by atoms with Crippen LogP contribution in [0.3, 0.4) is 0 Å². The average Bonchev–Trinajstić information content (AvgIpc) is 2.67. The van der Waals surface area contributed by atoms with E-state index in [1.807, 2.05) is 18.2 Å². The van der Waals surface area contributed by atoms with Gasteiger partial charge in [-0.15, -0.1) is 0 Å². The molecule has 5 nitrogen and oxygen atoms in total. The summed E-state index contributed by atoms with van der Waals surface area (Å²) in [4.78, 5) is 20.8. The average molecular weight is 348 g/mol. The largest absolute Gasteiger partial charge is 0.326 e. The van der Waals surface area contributed by atoms with E-state index in [2.05, 4.69) is 20.6 Å². The lowest BCUT2D eigenvalue weighted by molar-refractivity contribution is 0.0977. The topological polar surface area (TPSA) is 66.4 Å². The second-order valence-corrected chi connectivity index (χ2v) is 5.48. The third kappa shape index (κ3) is 4.98. The van der Waals surface area contributed by atoms with Gasteiger partial charge in [0.1, 0.15) is 5.82 Å². The van der Waals surface area contributed by atoms with Gasteiger partial charge < -0.3 is 5.32 Å². The number of carbonyl (C=O) groups is 1. The highest BCUT2D eigenvalue weighted by atomic mass is 19.1. The molecule has 2 N–H and O–H groups in total. The molecule has 26 heavy (non-hydrogen) atoms. The minimum Gasteiger partial charge on any atom is -0.326 e. The lowest BCUT2D eigenvalue weighted by Gasteiger charge is -2.12. The summed E-state index contributed by atoms with van der Waals surface area (Å²) < 4.78 is 13.4. The van der Waals surface area contributed by atoms with E-state index < -0.39 is 0 Å². The quantitative estimate of drug-likeness (QED) is 0.559. The van der Waals surface area contributed by atoms with Crippen LogP contribution in [-0.2, 0) is 6.54 Å². The molecular formula is C20H17FN4O. The molecule has 1 aromatic heterocycles. The number of nitrogens with zero attached hydrogens (tertiary/aromatic N) is 2. The highest BCUT2D eigenvalue weighted by molar-refractivity contribution is 6.09. The van der Waals surface area contributed by atoms with E-state index in [0.717, 1.165) is 5.56 Å². The highest BCUT2D eigenvalue weighted by Gasteiger charge is 2.09. The van der Waals surface area contributed by atoms with Crippen molar-refractivity contribution in [2.45, 2.75) is 6.54 Å². The summed E-state index contributed by atoms with van der Waals surface area (Å²) in [5, 5.41) is 5.68. The van der Waals surface area contributed by atoms with Gasteiger partial charge in [-0.25, -0.2) is 9.38 Å². The molecule has 0 aliphatic rings. The second-order valence-electron chi connectivity index (χ2n) is 5.48. The van der Waals surface area contributed by atoms with Crippen LogP contribution in [0.15, 0.2) is 84.1 Å². The highest BCUT2D eigenvalue weighted by Crippen LogP contribution is 2.09. The van der Waals surface area contributed by atoms with Crippen molar-refractivity contribution < 1.29 is 9.18 Å². The molecular weight excluding hydrogens is 331 g/mol. The van der Waals surface area contributed by atoms with Crippen molar-refractivity contribution in [3.05, 3.63) is 96.1 Å². The summed E-state index contributed by atoms with van der Waals surface area (Å²) in [7, 11) is 0. The van der Waals surface area contributed by atoms with E-state index in [4.69, 9.17) is 0 Å². The first-order chi connectivity index (χ1) is 12.7. The number of anilines is 1. The fourth-order valence-corrected chi connectivity index (χ4v) is 2.24. The van der Waals surface area contributed by atoms with Crippen molar-refractivity contribution >= 4 is 17.6 Å². The number of nitrogens with one attached hydrogen (secondary N) is 2. The number of aliphatic imine (C=N–C) groups is 1. The predicted octanol–water partition coefficient (Wildman–Crippen LogP) is 3.62. The monoisotopic (exact) mass is 348 g/mol. The Morgan fingerprint density at radius 2 is 1.88 bits per heavy atom. The van der Waals surface area contributed by atoms with Gasteiger partial charge in [-0.2, -0.15) is 0 Å². The molecule has 3 aromatic rings. The molecule has 0 saturated carbocycles. The number of carbonyl (C=O) groups excluding carboxylic acids is 1. The molecule has 0 atom stereocenters. The molecule has 0 radical (unpaired) electrons. The lowest BCUT2D eigenvalue weighted by Crippen LogP contribution is -2.36. The van der Waals surface area contributed by atoms with Crippen LogP contribution in [0.2, 0.25) is 0 Å². The van der Waals surface area contributed by atoms with Gasteiger partial charge in [-0.05, 0) is 42.0 Å². The summed E-state index contributed by atoms with van der Waals surface area (Å²) in [6.45, 7) is 0.320. The Labute approximate surface area is 150 Å². The van der Waals surface area contributed by atoms with Crippen molar-refractivity contribution in [1.82, 2.24) is 10.3 Å². The van der Waals surface area contributed by atoms with Gasteiger partial charge in [-0.1, -0.05) is 30.3 Å². The number of pyridine rings is 1. The van der Waals surface area contributed by atoms with Crippen molar-refractivity contribution in [1.29, 1.82) is 0 Å².